The fourth-order valence-electron chi connectivity index (χ4n) is 2.28. The quantitative estimate of drug-likeness (QED) is 0.827. The van der Waals surface area contributed by atoms with Gasteiger partial charge in [-0.25, -0.2) is 0 Å². The van der Waals surface area contributed by atoms with Gasteiger partial charge >= 0.3 is 0 Å². The van der Waals surface area contributed by atoms with Crippen molar-refractivity contribution in [2.75, 3.05) is 49.6 Å². The molecule has 0 unspecified atom stereocenters. The summed E-state index contributed by atoms with van der Waals surface area (Å²) >= 11 is 6.02. The summed E-state index contributed by atoms with van der Waals surface area (Å²) in [6, 6.07) is 0. The summed E-state index contributed by atoms with van der Waals surface area (Å²) in [6.45, 7) is 7.40. The molecule has 0 atom stereocenters. The number of carbonyl (C=O) groups is 1. The molecule has 1 aliphatic rings. The Kier molecular flexibility index (Phi) is 5.17. The molecule has 21 heavy (non-hydrogen) atoms. The lowest BCUT2D eigenvalue weighted by molar-refractivity contribution is -0.127. The Morgan fingerprint density at radius 3 is 2.57 bits per heavy atom. The first-order valence-corrected chi connectivity index (χ1v) is 7.58. The summed E-state index contributed by atoms with van der Waals surface area (Å²) in [6.07, 6.45) is 0.881. The fraction of sp³-hybridized carbons (Fsp3) is 0.692. The van der Waals surface area contributed by atoms with Gasteiger partial charge in [-0.05, 0) is 31.9 Å². The first kappa shape index (κ1) is 15.8. The van der Waals surface area contributed by atoms with Crippen molar-refractivity contribution in [3.05, 3.63) is 5.28 Å². The molecule has 0 aliphatic carbocycles. The first-order valence-electron chi connectivity index (χ1n) is 7.20. The van der Waals surface area contributed by atoms with Crippen LogP contribution in [-0.2, 0) is 4.79 Å². The summed E-state index contributed by atoms with van der Waals surface area (Å²) in [7, 11) is 1.81. The molecule has 0 N–H and O–H groups in total. The van der Waals surface area contributed by atoms with E-state index in [1.807, 2.05) is 30.7 Å². The number of halogens is 1. The SMILES string of the molecule is CCN(CC)c1nc(Cl)nc(N2CCCN(C)C(=O)C2)n1. The van der Waals surface area contributed by atoms with Crippen molar-refractivity contribution in [2.24, 2.45) is 0 Å². The van der Waals surface area contributed by atoms with Crippen molar-refractivity contribution in [3.63, 3.8) is 0 Å². The van der Waals surface area contributed by atoms with E-state index in [1.165, 1.54) is 0 Å². The molecule has 0 aromatic carbocycles. The van der Waals surface area contributed by atoms with Gasteiger partial charge in [-0.3, -0.25) is 4.79 Å². The van der Waals surface area contributed by atoms with E-state index in [-0.39, 0.29) is 17.7 Å². The van der Waals surface area contributed by atoms with E-state index in [0.29, 0.717) is 11.9 Å². The van der Waals surface area contributed by atoms with Crippen LogP contribution in [0.3, 0.4) is 0 Å². The molecule has 1 saturated heterocycles. The number of hydrogen-bond donors (Lipinski definition) is 0. The van der Waals surface area contributed by atoms with Crippen molar-refractivity contribution in [2.45, 2.75) is 20.3 Å². The maximum atomic E-state index is 12.0. The molecular weight excluding hydrogens is 292 g/mol. The third kappa shape index (κ3) is 3.72. The molecule has 1 amide bonds. The highest BCUT2D eigenvalue weighted by molar-refractivity contribution is 6.28. The van der Waals surface area contributed by atoms with Crippen LogP contribution in [0.4, 0.5) is 11.9 Å². The van der Waals surface area contributed by atoms with Crippen LogP contribution in [-0.4, -0.2) is 65.5 Å². The minimum atomic E-state index is 0.0634. The smallest absolute Gasteiger partial charge is 0.241 e. The maximum Gasteiger partial charge on any atom is 0.241 e. The number of rotatable bonds is 4. The van der Waals surface area contributed by atoms with Crippen LogP contribution in [0.25, 0.3) is 0 Å². The highest BCUT2D eigenvalue weighted by Gasteiger charge is 2.22. The van der Waals surface area contributed by atoms with Crippen LogP contribution >= 0.6 is 11.6 Å². The number of aromatic nitrogens is 3. The van der Waals surface area contributed by atoms with Gasteiger partial charge in [0.1, 0.15) is 0 Å². The molecule has 1 fully saturated rings. The van der Waals surface area contributed by atoms with Gasteiger partial charge in [0.15, 0.2) is 0 Å². The van der Waals surface area contributed by atoms with Gasteiger partial charge in [0, 0.05) is 33.2 Å². The van der Waals surface area contributed by atoms with Crippen LogP contribution in [0, 0.1) is 0 Å². The standard InChI is InChI=1S/C13H21ClN6O/c1-4-19(5-2)12-15-11(14)16-13(17-12)20-8-6-7-18(3)10(21)9-20/h4-9H2,1-3H3. The molecule has 0 spiro atoms. The van der Waals surface area contributed by atoms with E-state index in [4.69, 9.17) is 11.6 Å². The summed E-state index contributed by atoms with van der Waals surface area (Å²) in [4.78, 5) is 30.4. The number of anilines is 2. The first-order chi connectivity index (χ1) is 10.0. The molecule has 116 valence electrons. The zero-order valence-corrected chi connectivity index (χ0v) is 13.5. The van der Waals surface area contributed by atoms with Crippen molar-refractivity contribution >= 4 is 29.4 Å². The van der Waals surface area contributed by atoms with E-state index in [1.54, 1.807) is 4.90 Å². The van der Waals surface area contributed by atoms with Gasteiger partial charge in [-0.1, -0.05) is 0 Å². The Balaban J connectivity index is 2.28. The largest absolute Gasteiger partial charge is 0.344 e. The Morgan fingerprint density at radius 1 is 1.19 bits per heavy atom. The highest BCUT2D eigenvalue weighted by atomic mass is 35.5. The lowest BCUT2D eigenvalue weighted by atomic mass is 10.4. The summed E-state index contributed by atoms with van der Waals surface area (Å²) in [5.41, 5.74) is 0. The maximum absolute atomic E-state index is 12.0. The summed E-state index contributed by atoms with van der Waals surface area (Å²) in [5, 5.41) is 0.159. The molecule has 2 rings (SSSR count). The van der Waals surface area contributed by atoms with Crippen LogP contribution in [0.1, 0.15) is 20.3 Å². The second-order valence-corrected chi connectivity index (χ2v) is 5.31. The third-order valence-electron chi connectivity index (χ3n) is 3.59. The van der Waals surface area contributed by atoms with Crippen molar-refractivity contribution in [1.29, 1.82) is 0 Å². The van der Waals surface area contributed by atoms with Crippen LogP contribution in [0.2, 0.25) is 5.28 Å². The lowest BCUT2D eigenvalue weighted by Gasteiger charge is -2.23. The molecular formula is C13H21ClN6O. The summed E-state index contributed by atoms with van der Waals surface area (Å²) < 4.78 is 0. The predicted molar refractivity (Wildman–Crippen MR) is 82.9 cm³/mol. The van der Waals surface area contributed by atoms with Crippen LogP contribution in [0.15, 0.2) is 0 Å². The van der Waals surface area contributed by atoms with E-state index in [9.17, 15) is 4.79 Å². The molecule has 0 radical (unpaired) electrons. The van der Waals surface area contributed by atoms with E-state index in [2.05, 4.69) is 15.0 Å². The average molecular weight is 313 g/mol. The Hall–Kier alpha value is -1.63. The van der Waals surface area contributed by atoms with Crippen LogP contribution < -0.4 is 9.80 Å². The monoisotopic (exact) mass is 312 g/mol. The van der Waals surface area contributed by atoms with Gasteiger partial charge in [0.25, 0.3) is 0 Å². The molecule has 8 heteroatoms. The Morgan fingerprint density at radius 2 is 1.90 bits per heavy atom. The zero-order valence-electron chi connectivity index (χ0n) is 12.7. The molecule has 0 bridgehead atoms. The average Bonchev–Trinajstić information content (AvgIpc) is 2.62. The lowest BCUT2D eigenvalue weighted by Crippen LogP contribution is -2.35. The van der Waals surface area contributed by atoms with Crippen molar-refractivity contribution in [1.82, 2.24) is 19.9 Å². The van der Waals surface area contributed by atoms with Gasteiger partial charge in [0.2, 0.25) is 23.1 Å². The van der Waals surface area contributed by atoms with E-state index >= 15 is 0 Å². The Labute approximate surface area is 129 Å². The van der Waals surface area contributed by atoms with Gasteiger partial charge in [0.05, 0.1) is 6.54 Å². The van der Waals surface area contributed by atoms with E-state index < -0.39 is 0 Å². The van der Waals surface area contributed by atoms with Crippen molar-refractivity contribution < 1.29 is 4.79 Å². The number of nitrogens with zero attached hydrogens (tertiary/aromatic N) is 6. The summed E-state index contributed by atoms with van der Waals surface area (Å²) in [5.74, 6) is 1.09. The van der Waals surface area contributed by atoms with Gasteiger partial charge in [-0.15, -0.1) is 0 Å². The minimum Gasteiger partial charge on any atom is -0.344 e. The van der Waals surface area contributed by atoms with Crippen molar-refractivity contribution in [3.8, 4) is 0 Å². The highest BCUT2D eigenvalue weighted by Crippen LogP contribution is 2.18. The minimum absolute atomic E-state index is 0.0634. The molecule has 7 nitrogen and oxygen atoms in total. The molecule has 0 saturated carbocycles. The van der Waals surface area contributed by atoms with Gasteiger partial charge < -0.3 is 14.7 Å². The third-order valence-corrected chi connectivity index (χ3v) is 3.76. The predicted octanol–water partition coefficient (Wildman–Crippen LogP) is 1.04. The Bertz CT molecular complexity index is 507. The zero-order chi connectivity index (χ0) is 15.4. The number of carbonyl (C=O) groups excluding carboxylic acids is 1. The number of hydrogen-bond acceptors (Lipinski definition) is 6. The molecule has 1 aromatic heterocycles. The van der Waals surface area contributed by atoms with E-state index in [0.717, 1.165) is 32.6 Å². The molecule has 1 aliphatic heterocycles. The number of amides is 1. The van der Waals surface area contributed by atoms with Gasteiger partial charge in [-0.2, -0.15) is 15.0 Å². The fourth-order valence-corrected chi connectivity index (χ4v) is 2.43. The second kappa shape index (κ2) is 6.89. The number of likely N-dealkylation sites (N-methyl/N-ethyl adjacent to an activating group) is 1. The second-order valence-electron chi connectivity index (χ2n) is 4.97. The molecule has 2 heterocycles. The normalized spacial score (nSPS) is 16.1. The topological polar surface area (TPSA) is 65.5 Å². The van der Waals surface area contributed by atoms with Crippen LogP contribution in [0.5, 0.6) is 0 Å². The molecule has 1 aromatic rings.